The number of carbonyl (C=O) groups is 4. The highest BCUT2D eigenvalue weighted by atomic mass is 16.2. The van der Waals surface area contributed by atoms with Gasteiger partial charge in [0.25, 0.3) is 5.91 Å². The van der Waals surface area contributed by atoms with Gasteiger partial charge in [0.15, 0.2) is 23.3 Å². The van der Waals surface area contributed by atoms with Gasteiger partial charge in [0.1, 0.15) is 22.8 Å². The standard InChI is InChI=1S/C26H18N6O.C25H24N6O.C24H22N6O.C23H20N6O/c33-26(16-6-2-1-3-7-16)28-19-12-18(14-27-15-19)17-10-11-21-20(13-17)24(32-31-21)25-29-22-8-4-5-9-23(22)30-25;1-25(2,3)12-22(32)27-17-10-16(13-26-14-17)15-8-9-19-18(11-15)23(31-30-19)24-28-20-6-4-5-7-21(20)29-24;1-2-3-8-22(31)26-17-11-16(13-25-14-17)15-9-10-19-18(12-15)23(30-29-19)24-27-20-6-4-5-7-21(20)28-24;1-13(2)23(30)25-16-9-15(11-24-12-16)14-7-8-18-17(10-14)21(29-28-18)22-26-19-5-3-4-6-20(19)27-22/h1-15H,(H,28,33)(H,29,30)(H,31,32);4-11,13-14H,12H2,1-3H3,(H,27,32)(H,28,29)(H,30,31);4-7,9-14H,2-3,8H2,1H3,(H,26,31)(H,27,28)(H,29,30);3-13H,1-2H3,(H,25,30)(H,26,27)(H,28,29). The first-order valence-electron chi connectivity index (χ1n) is 41.2. The number of aromatic nitrogens is 20. The van der Waals surface area contributed by atoms with E-state index in [1.54, 1.807) is 61.7 Å². The number of anilines is 4. The number of nitrogens with one attached hydrogen (secondary N) is 12. The molecule has 0 atom stereocenters. The van der Waals surface area contributed by atoms with Crippen LogP contribution in [0, 0.1) is 11.3 Å². The van der Waals surface area contributed by atoms with E-state index < -0.39 is 0 Å². The van der Waals surface area contributed by atoms with E-state index in [0.717, 1.165) is 185 Å². The number of carbonyl (C=O) groups excluding carboxylic acids is 4. The number of rotatable bonds is 18. The number of unbranched alkanes of at least 4 members (excludes halogenated alkanes) is 1. The number of amides is 4. The average molecular weight is 1660 g/mol. The second kappa shape index (κ2) is 35.1. The van der Waals surface area contributed by atoms with Crippen molar-refractivity contribution in [2.24, 2.45) is 11.3 Å². The Labute approximate surface area is 719 Å². The summed E-state index contributed by atoms with van der Waals surface area (Å²) >= 11 is 0. The number of nitrogens with zero attached hydrogens (tertiary/aromatic N) is 12. The van der Waals surface area contributed by atoms with Crippen LogP contribution in [0.3, 0.4) is 0 Å². The number of H-pyrrole nitrogens is 8. The Morgan fingerprint density at radius 1 is 0.333 bits per heavy atom. The topological polar surface area (TPSA) is 397 Å². The van der Waals surface area contributed by atoms with E-state index in [-0.39, 0.29) is 35.0 Å². The maximum Gasteiger partial charge on any atom is 0.255 e. The molecule has 0 saturated carbocycles. The molecule has 0 radical (unpaired) electrons. The van der Waals surface area contributed by atoms with Crippen molar-refractivity contribution in [2.75, 3.05) is 21.3 Å². The number of para-hydroxylation sites is 8. The van der Waals surface area contributed by atoms with Gasteiger partial charge in [0.05, 0.1) is 114 Å². The van der Waals surface area contributed by atoms with E-state index >= 15 is 0 Å². The summed E-state index contributed by atoms with van der Waals surface area (Å²) in [7, 11) is 0. The lowest BCUT2D eigenvalue weighted by atomic mass is 9.92. The Balaban J connectivity index is 0.000000114. The molecule has 12 N–H and O–H groups in total. The van der Waals surface area contributed by atoms with Gasteiger partial charge in [0.2, 0.25) is 17.7 Å². The number of fused-ring (bicyclic) bond motifs is 8. The molecule has 0 saturated heterocycles. The van der Waals surface area contributed by atoms with E-state index in [1.165, 1.54) is 0 Å². The maximum atomic E-state index is 12.5. The van der Waals surface area contributed by atoms with E-state index in [2.05, 4.69) is 153 Å². The summed E-state index contributed by atoms with van der Waals surface area (Å²) in [5, 5.41) is 45.8. The second-order valence-electron chi connectivity index (χ2n) is 32.0. The van der Waals surface area contributed by atoms with E-state index in [9.17, 15) is 19.2 Å². The molecule has 0 unspecified atom stereocenters. The smallest absolute Gasteiger partial charge is 0.255 e. The third-order valence-electron chi connectivity index (χ3n) is 21.1. The van der Waals surface area contributed by atoms with Crippen LogP contribution in [0.25, 0.3) is 178 Å². The highest BCUT2D eigenvalue weighted by molar-refractivity contribution is 6.05. The number of hydrogen-bond donors (Lipinski definition) is 12. The van der Waals surface area contributed by atoms with Crippen LogP contribution in [0.5, 0.6) is 0 Å². The molecule has 620 valence electrons. The molecule has 12 heterocycles. The Bertz CT molecular complexity index is 7470. The molecule has 0 aliphatic rings. The highest BCUT2D eigenvalue weighted by Gasteiger charge is 2.22. The van der Waals surface area contributed by atoms with Gasteiger partial charge in [-0.15, -0.1) is 0 Å². The lowest BCUT2D eigenvalue weighted by molar-refractivity contribution is -0.119. The summed E-state index contributed by atoms with van der Waals surface area (Å²) < 4.78 is 0. The molecule has 0 fully saturated rings. The van der Waals surface area contributed by atoms with Crippen molar-refractivity contribution >= 4 is 134 Å². The summed E-state index contributed by atoms with van der Waals surface area (Å²) in [6, 6.07) is 72.7. The first-order chi connectivity index (χ1) is 61.4. The first-order valence-corrected chi connectivity index (χ1v) is 41.2. The van der Waals surface area contributed by atoms with Crippen LogP contribution in [0.15, 0.2) is 274 Å². The van der Waals surface area contributed by atoms with Gasteiger partial charge < -0.3 is 41.2 Å². The zero-order chi connectivity index (χ0) is 86.4. The molecular weight excluding hydrogens is 1580 g/mol. The fourth-order valence-electron chi connectivity index (χ4n) is 14.7. The lowest BCUT2D eigenvalue weighted by Gasteiger charge is -2.17. The van der Waals surface area contributed by atoms with E-state index in [0.29, 0.717) is 47.0 Å². The molecule has 28 nitrogen and oxygen atoms in total. The lowest BCUT2D eigenvalue weighted by Crippen LogP contribution is -2.19. The van der Waals surface area contributed by atoms with Crippen LogP contribution < -0.4 is 21.3 Å². The Morgan fingerprint density at radius 2 is 0.643 bits per heavy atom. The molecule has 21 aromatic rings. The minimum atomic E-state index is -0.174. The van der Waals surface area contributed by atoms with E-state index in [4.69, 9.17) is 0 Å². The van der Waals surface area contributed by atoms with Crippen molar-refractivity contribution in [3.8, 4) is 90.6 Å². The number of aromatic amines is 8. The van der Waals surface area contributed by atoms with Gasteiger partial charge in [-0.25, -0.2) is 19.9 Å². The summed E-state index contributed by atoms with van der Waals surface area (Å²) in [4.78, 5) is 98.3. The molecule has 28 heteroatoms. The van der Waals surface area contributed by atoms with Crippen LogP contribution in [0.2, 0.25) is 0 Å². The van der Waals surface area contributed by atoms with Crippen LogP contribution >= 0.6 is 0 Å². The molecule has 0 bridgehead atoms. The third kappa shape index (κ3) is 17.9. The normalized spacial score (nSPS) is 11.4. The summed E-state index contributed by atoms with van der Waals surface area (Å²) in [6.45, 7) is 11.9. The van der Waals surface area contributed by atoms with Crippen LogP contribution in [-0.4, -0.2) is 124 Å². The number of benzene rings is 9. The molecule has 9 aromatic carbocycles. The van der Waals surface area contributed by atoms with Crippen LogP contribution in [0.4, 0.5) is 22.7 Å². The monoisotopic (exact) mass is 1660 g/mol. The molecule has 21 rings (SSSR count). The van der Waals surface area contributed by atoms with Gasteiger partial charge >= 0.3 is 0 Å². The molecule has 126 heavy (non-hydrogen) atoms. The minimum Gasteiger partial charge on any atom is -0.337 e. The highest BCUT2D eigenvalue weighted by Crippen LogP contribution is 2.37. The number of pyridine rings is 4. The quantitative estimate of drug-likeness (QED) is 0.0380. The van der Waals surface area contributed by atoms with Gasteiger partial charge in [0, 0.05) is 92.9 Å². The molecule has 0 spiro atoms. The van der Waals surface area contributed by atoms with Crippen molar-refractivity contribution in [1.82, 2.24) is 101 Å². The van der Waals surface area contributed by atoms with Crippen LogP contribution in [-0.2, 0) is 14.4 Å². The van der Waals surface area contributed by atoms with Gasteiger partial charge in [-0.3, -0.25) is 59.5 Å². The predicted octanol–water partition coefficient (Wildman–Crippen LogP) is 21.0. The van der Waals surface area contributed by atoms with Crippen molar-refractivity contribution in [3.05, 3.63) is 280 Å². The average Bonchev–Trinajstić information content (AvgIpc) is 1.64. The molecule has 12 aromatic heterocycles. The first kappa shape index (κ1) is 80.3. The fourth-order valence-corrected chi connectivity index (χ4v) is 14.7. The van der Waals surface area contributed by atoms with Crippen molar-refractivity contribution in [2.45, 2.75) is 67.2 Å². The van der Waals surface area contributed by atoms with Gasteiger partial charge in [-0.1, -0.05) is 139 Å². The number of hydrogen-bond acceptors (Lipinski definition) is 16. The Hall–Kier alpha value is -16.8. The fraction of sp³-hybridized carbons (Fsp3) is 0.122. The van der Waals surface area contributed by atoms with Crippen molar-refractivity contribution in [1.29, 1.82) is 0 Å². The van der Waals surface area contributed by atoms with Gasteiger partial charge in [-0.05, 0) is 168 Å². The van der Waals surface area contributed by atoms with Gasteiger partial charge in [-0.2, -0.15) is 20.4 Å². The van der Waals surface area contributed by atoms with E-state index in [1.807, 2.05) is 223 Å². The van der Waals surface area contributed by atoms with Crippen molar-refractivity contribution in [3.63, 3.8) is 0 Å². The van der Waals surface area contributed by atoms with Crippen molar-refractivity contribution < 1.29 is 19.2 Å². The molecule has 4 amide bonds. The minimum absolute atomic E-state index is 0.0123. The Morgan fingerprint density at radius 3 is 0.960 bits per heavy atom. The number of imidazole rings is 4. The third-order valence-corrected chi connectivity index (χ3v) is 21.1. The zero-order valence-corrected chi connectivity index (χ0v) is 69.4. The summed E-state index contributed by atoms with van der Waals surface area (Å²) in [5.41, 5.74) is 25.0. The SMILES string of the molecule is CC(C)(C)CC(=O)Nc1cncc(-c2ccc3[nH]nc(-c4nc5ccccc5[nH]4)c3c2)c1.CC(C)C(=O)Nc1cncc(-c2ccc3[nH]nc(-c4nc5ccccc5[nH]4)c3c2)c1.CCCCC(=O)Nc1cncc(-c2ccc3[nH]nc(-c4nc5ccccc5[nH]4)c3c2)c1.O=C(Nc1cncc(-c2ccc3[nH]nc(-c4nc5ccccc5[nH]4)c3c2)c1)c1ccccc1. The molecule has 0 aliphatic carbocycles. The predicted molar refractivity (Wildman–Crippen MR) is 496 cm³/mol. The molecule has 0 aliphatic heterocycles. The largest absolute Gasteiger partial charge is 0.337 e. The summed E-state index contributed by atoms with van der Waals surface area (Å²) in [5.74, 6) is 2.56. The Kier molecular flexibility index (Phi) is 22.4. The molecular formula is C98H84N24O4. The van der Waals surface area contributed by atoms with Crippen LogP contribution in [0.1, 0.15) is 77.6 Å². The summed E-state index contributed by atoms with van der Waals surface area (Å²) in [6.07, 6.45) is 16.6. The zero-order valence-electron chi connectivity index (χ0n) is 69.4. The second-order valence-corrected chi connectivity index (χ2v) is 32.0. The maximum absolute atomic E-state index is 12.5.